The van der Waals surface area contributed by atoms with Crippen LogP contribution in [0.1, 0.15) is 32.8 Å². The van der Waals surface area contributed by atoms with E-state index in [-0.39, 0.29) is 24.4 Å². The van der Waals surface area contributed by atoms with Crippen LogP contribution in [0.3, 0.4) is 0 Å². The largest absolute Gasteiger partial charge is 0.376 e. The monoisotopic (exact) mass is 322 g/mol. The molecule has 2 aliphatic heterocycles. The molecule has 0 amide bonds. The summed E-state index contributed by atoms with van der Waals surface area (Å²) >= 11 is 0. The van der Waals surface area contributed by atoms with E-state index in [1.54, 1.807) is 7.11 Å². The summed E-state index contributed by atoms with van der Waals surface area (Å²) in [6.45, 7) is 6.42. The van der Waals surface area contributed by atoms with Crippen LogP contribution >= 0.6 is 0 Å². The van der Waals surface area contributed by atoms with Crippen molar-refractivity contribution in [3.05, 3.63) is 35.9 Å². The van der Waals surface area contributed by atoms with Crippen molar-refractivity contribution in [3.8, 4) is 0 Å². The third-order valence-electron chi connectivity index (χ3n) is 4.37. The first-order chi connectivity index (χ1) is 11.0. The van der Waals surface area contributed by atoms with Crippen LogP contribution in [0.2, 0.25) is 0 Å². The second kappa shape index (κ2) is 6.87. The third kappa shape index (κ3) is 3.59. The molecule has 5 heteroatoms. The van der Waals surface area contributed by atoms with Crippen LogP contribution in [0.5, 0.6) is 0 Å². The highest BCUT2D eigenvalue weighted by Gasteiger charge is 2.56. The zero-order valence-electron chi connectivity index (χ0n) is 14.2. The van der Waals surface area contributed by atoms with Crippen LogP contribution in [0.15, 0.2) is 30.3 Å². The van der Waals surface area contributed by atoms with Gasteiger partial charge >= 0.3 is 0 Å². The van der Waals surface area contributed by atoms with Gasteiger partial charge in [-0.1, -0.05) is 37.3 Å². The summed E-state index contributed by atoms with van der Waals surface area (Å²) in [6.07, 6.45) is -0.229. The van der Waals surface area contributed by atoms with Crippen molar-refractivity contribution in [2.45, 2.75) is 70.3 Å². The molecule has 5 atom stereocenters. The second-order valence-corrected chi connectivity index (χ2v) is 6.51. The standard InChI is InChI=1S/C18H26O5/c1-5-13(20-11-12-9-7-6-8-10-12)14-15(19-4)16-17(21-14)23-18(2,3)22-16/h6-10,13-17H,5,11H2,1-4H3/t13-,14-,15-,16-,17-/m1/s1. The highest BCUT2D eigenvalue weighted by molar-refractivity contribution is 5.13. The Labute approximate surface area is 137 Å². The molecule has 0 bridgehead atoms. The second-order valence-electron chi connectivity index (χ2n) is 6.51. The number of benzene rings is 1. The molecule has 0 aromatic heterocycles. The maximum atomic E-state index is 6.09. The van der Waals surface area contributed by atoms with Crippen molar-refractivity contribution in [3.63, 3.8) is 0 Å². The van der Waals surface area contributed by atoms with E-state index in [4.69, 9.17) is 23.7 Å². The fourth-order valence-corrected chi connectivity index (χ4v) is 3.29. The van der Waals surface area contributed by atoms with Crippen molar-refractivity contribution in [2.75, 3.05) is 7.11 Å². The van der Waals surface area contributed by atoms with Crippen LogP contribution in [-0.2, 0) is 30.3 Å². The Morgan fingerprint density at radius 2 is 1.91 bits per heavy atom. The predicted molar refractivity (Wildman–Crippen MR) is 84.8 cm³/mol. The van der Waals surface area contributed by atoms with Crippen LogP contribution < -0.4 is 0 Å². The van der Waals surface area contributed by atoms with E-state index < -0.39 is 12.1 Å². The Kier molecular flexibility index (Phi) is 5.04. The molecule has 0 spiro atoms. The van der Waals surface area contributed by atoms with Gasteiger partial charge in [0, 0.05) is 7.11 Å². The minimum absolute atomic E-state index is 0.0685. The number of ether oxygens (including phenoxy) is 5. The van der Waals surface area contributed by atoms with Crippen LogP contribution in [0.4, 0.5) is 0 Å². The van der Waals surface area contributed by atoms with E-state index in [0.29, 0.717) is 6.61 Å². The lowest BCUT2D eigenvalue weighted by molar-refractivity contribution is -0.232. The van der Waals surface area contributed by atoms with Crippen molar-refractivity contribution in [1.29, 1.82) is 0 Å². The molecule has 128 valence electrons. The molecule has 1 aromatic rings. The maximum absolute atomic E-state index is 6.09. The van der Waals surface area contributed by atoms with Crippen LogP contribution in [-0.4, -0.2) is 43.6 Å². The van der Waals surface area contributed by atoms with Crippen molar-refractivity contribution < 1.29 is 23.7 Å². The molecule has 0 saturated carbocycles. The van der Waals surface area contributed by atoms with Gasteiger partial charge in [-0.25, -0.2) is 0 Å². The number of rotatable bonds is 6. The molecule has 3 rings (SSSR count). The summed E-state index contributed by atoms with van der Waals surface area (Å²) in [6, 6.07) is 10.1. The molecule has 2 saturated heterocycles. The van der Waals surface area contributed by atoms with Gasteiger partial charge in [-0.2, -0.15) is 0 Å². The zero-order valence-corrected chi connectivity index (χ0v) is 14.2. The third-order valence-corrected chi connectivity index (χ3v) is 4.37. The lowest BCUT2D eigenvalue weighted by atomic mass is 10.0. The number of methoxy groups -OCH3 is 1. The quantitative estimate of drug-likeness (QED) is 0.806. The molecule has 0 unspecified atom stereocenters. The molecular weight excluding hydrogens is 296 g/mol. The van der Waals surface area contributed by atoms with Gasteiger partial charge in [0.15, 0.2) is 12.1 Å². The van der Waals surface area contributed by atoms with Crippen molar-refractivity contribution in [1.82, 2.24) is 0 Å². The SMILES string of the molecule is CC[C@@H](OCc1ccccc1)[C@H]1O[C@@H]2OC(C)(C)O[C@@H]2[C@@H]1OC. The van der Waals surface area contributed by atoms with E-state index >= 15 is 0 Å². The molecular formula is C18H26O5. The zero-order chi connectivity index (χ0) is 16.4. The Bertz CT molecular complexity index is 503. The van der Waals surface area contributed by atoms with E-state index in [9.17, 15) is 0 Å². The summed E-state index contributed by atoms with van der Waals surface area (Å²) in [5, 5.41) is 0. The average molecular weight is 322 g/mol. The molecule has 23 heavy (non-hydrogen) atoms. The van der Waals surface area contributed by atoms with Crippen LogP contribution in [0.25, 0.3) is 0 Å². The molecule has 2 heterocycles. The molecule has 2 fully saturated rings. The molecule has 2 aliphatic rings. The molecule has 5 nitrogen and oxygen atoms in total. The van der Waals surface area contributed by atoms with E-state index in [1.807, 2.05) is 32.0 Å². The maximum Gasteiger partial charge on any atom is 0.190 e. The smallest absolute Gasteiger partial charge is 0.190 e. The minimum Gasteiger partial charge on any atom is -0.376 e. The fraction of sp³-hybridized carbons (Fsp3) is 0.667. The summed E-state index contributed by atoms with van der Waals surface area (Å²) in [4.78, 5) is 0. The Balaban J connectivity index is 1.65. The van der Waals surface area contributed by atoms with E-state index in [0.717, 1.165) is 12.0 Å². The van der Waals surface area contributed by atoms with Gasteiger partial charge in [0.25, 0.3) is 0 Å². The number of hydrogen-bond donors (Lipinski definition) is 0. The molecule has 0 aliphatic carbocycles. The highest BCUT2D eigenvalue weighted by Crippen LogP contribution is 2.40. The van der Waals surface area contributed by atoms with Gasteiger partial charge in [0.1, 0.15) is 18.3 Å². The lowest BCUT2D eigenvalue weighted by Crippen LogP contribution is -2.43. The van der Waals surface area contributed by atoms with Gasteiger partial charge < -0.3 is 23.7 Å². The Hall–Kier alpha value is -0.980. The number of hydrogen-bond acceptors (Lipinski definition) is 5. The van der Waals surface area contributed by atoms with Gasteiger partial charge in [0.05, 0.1) is 12.7 Å². The predicted octanol–water partition coefficient (Wildman–Crippen LogP) is 2.87. The van der Waals surface area contributed by atoms with Crippen molar-refractivity contribution >= 4 is 0 Å². The first kappa shape index (κ1) is 16.9. The van der Waals surface area contributed by atoms with Gasteiger partial charge in [-0.05, 0) is 25.8 Å². The van der Waals surface area contributed by atoms with Gasteiger partial charge in [0.2, 0.25) is 0 Å². The van der Waals surface area contributed by atoms with Gasteiger partial charge in [-0.3, -0.25) is 0 Å². The minimum atomic E-state index is -0.635. The summed E-state index contributed by atoms with van der Waals surface area (Å²) in [5.41, 5.74) is 1.15. The first-order valence-electron chi connectivity index (χ1n) is 8.23. The van der Waals surface area contributed by atoms with E-state index in [1.165, 1.54) is 0 Å². The molecule has 0 N–H and O–H groups in total. The fourth-order valence-electron chi connectivity index (χ4n) is 3.29. The Morgan fingerprint density at radius 1 is 1.17 bits per heavy atom. The number of fused-ring (bicyclic) bond motifs is 1. The molecule has 1 aromatic carbocycles. The normalized spacial score (nSPS) is 33.6. The average Bonchev–Trinajstić information content (AvgIpc) is 3.00. The lowest BCUT2D eigenvalue weighted by Gasteiger charge is -2.29. The first-order valence-corrected chi connectivity index (χ1v) is 8.23. The summed E-state index contributed by atoms with van der Waals surface area (Å²) < 4.78 is 29.6. The summed E-state index contributed by atoms with van der Waals surface area (Å²) in [5.74, 6) is -0.635. The Morgan fingerprint density at radius 3 is 2.57 bits per heavy atom. The molecule has 0 radical (unpaired) electrons. The van der Waals surface area contributed by atoms with Crippen LogP contribution in [0, 0.1) is 0 Å². The summed E-state index contributed by atoms with van der Waals surface area (Å²) in [7, 11) is 1.68. The van der Waals surface area contributed by atoms with Crippen molar-refractivity contribution in [2.24, 2.45) is 0 Å². The highest BCUT2D eigenvalue weighted by atomic mass is 16.8. The van der Waals surface area contributed by atoms with Gasteiger partial charge in [-0.15, -0.1) is 0 Å². The topological polar surface area (TPSA) is 46.2 Å². The van der Waals surface area contributed by atoms with E-state index in [2.05, 4.69) is 19.1 Å².